The van der Waals surface area contributed by atoms with Gasteiger partial charge in [0.05, 0.1) is 9.90 Å². The molecule has 0 spiro atoms. The Morgan fingerprint density at radius 2 is 2.06 bits per heavy atom. The number of hydrogen-bond acceptors (Lipinski definition) is 2. The van der Waals surface area contributed by atoms with Crippen LogP contribution in [0.25, 0.3) is 0 Å². The molecule has 0 radical (unpaired) electrons. The second kappa shape index (κ2) is 5.15. The zero-order valence-corrected chi connectivity index (χ0v) is 13.1. The molecule has 0 atom stereocenters. The molecule has 1 nitrogen and oxygen atoms in total. The van der Waals surface area contributed by atoms with E-state index < -0.39 is 5.60 Å². The third-order valence-electron chi connectivity index (χ3n) is 4.87. The van der Waals surface area contributed by atoms with Crippen LogP contribution in [0.1, 0.15) is 57.8 Å². The molecule has 1 N–H and O–H groups in total. The first-order chi connectivity index (χ1) is 8.39. The second-order valence-corrected chi connectivity index (χ2v) is 7.57. The lowest BCUT2D eigenvalue weighted by Gasteiger charge is -2.42. The van der Waals surface area contributed by atoms with Crippen molar-refractivity contribution in [3.63, 3.8) is 0 Å². The third kappa shape index (κ3) is 2.61. The first-order valence-electron chi connectivity index (χ1n) is 6.85. The van der Waals surface area contributed by atoms with E-state index in [9.17, 15) is 5.11 Å². The number of thiophene rings is 1. The summed E-state index contributed by atoms with van der Waals surface area (Å²) in [5.74, 6) is 0.724. The van der Waals surface area contributed by atoms with E-state index in [1.165, 1.54) is 6.42 Å². The van der Waals surface area contributed by atoms with Crippen LogP contribution in [0.3, 0.4) is 0 Å². The van der Waals surface area contributed by atoms with E-state index in [4.69, 9.17) is 11.6 Å². The highest BCUT2D eigenvalue weighted by Crippen LogP contribution is 2.49. The largest absolute Gasteiger partial charge is 0.384 e. The maximum atomic E-state index is 10.8. The summed E-state index contributed by atoms with van der Waals surface area (Å²) in [4.78, 5) is 0.969. The van der Waals surface area contributed by atoms with E-state index in [0.29, 0.717) is 5.41 Å². The summed E-state index contributed by atoms with van der Waals surface area (Å²) in [5, 5.41) is 13.5. The molecule has 2 rings (SSSR count). The predicted octanol–water partition coefficient (Wildman–Crippen LogP) is 5.22. The lowest BCUT2D eigenvalue weighted by molar-refractivity contribution is -0.0299. The van der Waals surface area contributed by atoms with Gasteiger partial charge in [-0.15, -0.1) is 11.3 Å². The van der Waals surface area contributed by atoms with Crippen LogP contribution in [0.2, 0.25) is 5.02 Å². The zero-order valence-electron chi connectivity index (χ0n) is 11.5. The highest BCUT2D eigenvalue weighted by Gasteiger charge is 2.40. The third-order valence-corrected chi connectivity index (χ3v) is 6.40. The van der Waals surface area contributed by atoms with Gasteiger partial charge in [0.1, 0.15) is 5.60 Å². The van der Waals surface area contributed by atoms with Crippen molar-refractivity contribution in [1.82, 2.24) is 0 Å². The van der Waals surface area contributed by atoms with Gasteiger partial charge in [0.2, 0.25) is 0 Å². The molecule has 1 aliphatic rings. The topological polar surface area (TPSA) is 20.2 Å². The van der Waals surface area contributed by atoms with Crippen LogP contribution in [0, 0.1) is 11.3 Å². The van der Waals surface area contributed by atoms with Gasteiger partial charge in [0, 0.05) is 0 Å². The fourth-order valence-corrected chi connectivity index (χ4v) is 4.41. The molecule has 1 fully saturated rings. The molecule has 1 aliphatic carbocycles. The molecule has 18 heavy (non-hydrogen) atoms. The Morgan fingerprint density at radius 3 is 2.50 bits per heavy atom. The van der Waals surface area contributed by atoms with Gasteiger partial charge < -0.3 is 5.11 Å². The maximum Gasteiger partial charge on any atom is 0.100 e. The number of hydrogen-bond donors (Lipinski definition) is 1. The van der Waals surface area contributed by atoms with Crippen molar-refractivity contribution in [2.24, 2.45) is 11.3 Å². The Balaban J connectivity index is 2.09. The van der Waals surface area contributed by atoms with Crippen molar-refractivity contribution in [3.05, 3.63) is 21.3 Å². The molecule has 0 aromatic carbocycles. The summed E-state index contributed by atoms with van der Waals surface area (Å²) in [6, 6.07) is 1.89. The minimum absolute atomic E-state index is 0.389. The number of aliphatic hydroxyl groups is 1. The standard InChI is InChI=1S/C15H23ClOS/c1-4-14(2,3)11-5-8-15(17,9-6-11)13-12(16)7-10-18-13/h7,10-11,17H,4-6,8-9H2,1-3H3. The molecule has 1 saturated carbocycles. The summed E-state index contributed by atoms with van der Waals surface area (Å²) < 4.78 is 0. The average molecular weight is 287 g/mol. The monoisotopic (exact) mass is 286 g/mol. The highest BCUT2D eigenvalue weighted by atomic mass is 35.5. The first-order valence-corrected chi connectivity index (χ1v) is 8.10. The second-order valence-electron chi connectivity index (χ2n) is 6.25. The minimum atomic E-state index is -0.675. The lowest BCUT2D eigenvalue weighted by atomic mass is 9.66. The fraction of sp³-hybridized carbons (Fsp3) is 0.733. The van der Waals surface area contributed by atoms with Crippen molar-refractivity contribution >= 4 is 22.9 Å². The summed E-state index contributed by atoms with van der Waals surface area (Å²) in [5.41, 5.74) is -0.286. The summed E-state index contributed by atoms with van der Waals surface area (Å²) in [6.07, 6.45) is 5.11. The van der Waals surface area contributed by atoms with Gasteiger partial charge in [0.15, 0.2) is 0 Å². The smallest absolute Gasteiger partial charge is 0.100 e. The van der Waals surface area contributed by atoms with Gasteiger partial charge in [-0.05, 0) is 48.5 Å². The molecule has 1 aromatic rings. The lowest BCUT2D eigenvalue weighted by Crippen LogP contribution is -2.35. The van der Waals surface area contributed by atoms with E-state index in [2.05, 4.69) is 20.8 Å². The van der Waals surface area contributed by atoms with Crippen molar-refractivity contribution < 1.29 is 5.11 Å². The van der Waals surface area contributed by atoms with Crippen LogP contribution in [0.15, 0.2) is 11.4 Å². The molecule has 0 unspecified atom stereocenters. The van der Waals surface area contributed by atoms with Crippen molar-refractivity contribution in [1.29, 1.82) is 0 Å². The van der Waals surface area contributed by atoms with Gasteiger partial charge in [-0.3, -0.25) is 0 Å². The van der Waals surface area contributed by atoms with Crippen LogP contribution >= 0.6 is 22.9 Å². The Labute approximate surface area is 119 Å². The van der Waals surface area contributed by atoms with E-state index >= 15 is 0 Å². The van der Waals surface area contributed by atoms with Crippen LogP contribution in [0.5, 0.6) is 0 Å². The molecule has 0 saturated heterocycles. The van der Waals surface area contributed by atoms with Gasteiger partial charge in [0.25, 0.3) is 0 Å². The van der Waals surface area contributed by atoms with Gasteiger partial charge in [-0.1, -0.05) is 38.8 Å². The van der Waals surface area contributed by atoms with Crippen LogP contribution in [0.4, 0.5) is 0 Å². The molecule has 3 heteroatoms. The first kappa shape index (κ1) is 14.4. The fourth-order valence-electron chi connectivity index (χ4n) is 3.02. The predicted molar refractivity (Wildman–Crippen MR) is 79.3 cm³/mol. The Hall–Kier alpha value is -0.0500. The minimum Gasteiger partial charge on any atom is -0.384 e. The molecule has 1 heterocycles. The van der Waals surface area contributed by atoms with Crippen LogP contribution in [-0.4, -0.2) is 5.11 Å². The highest BCUT2D eigenvalue weighted by molar-refractivity contribution is 7.10. The SMILES string of the molecule is CCC(C)(C)C1CCC(O)(c2sccc2Cl)CC1. The molecule has 0 amide bonds. The van der Waals surface area contributed by atoms with Gasteiger partial charge >= 0.3 is 0 Å². The Bertz CT molecular complexity index is 402. The molecule has 0 aliphatic heterocycles. The van der Waals surface area contributed by atoms with E-state index in [-0.39, 0.29) is 0 Å². The molecule has 1 aromatic heterocycles. The molecule has 102 valence electrons. The van der Waals surface area contributed by atoms with Gasteiger partial charge in [-0.2, -0.15) is 0 Å². The van der Waals surface area contributed by atoms with Crippen LogP contribution in [-0.2, 0) is 5.60 Å². The quantitative estimate of drug-likeness (QED) is 0.808. The van der Waals surface area contributed by atoms with Gasteiger partial charge in [-0.25, -0.2) is 0 Å². The maximum absolute atomic E-state index is 10.8. The van der Waals surface area contributed by atoms with Crippen LogP contribution < -0.4 is 0 Å². The van der Waals surface area contributed by atoms with E-state index in [0.717, 1.165) is 41.5 Å². The number of halogens is 1. The van der Waals surface area contributed by atoms with Crippen molar-refractivity contribution in [3.8, 4) is 0 Å². The summed E-state index contributed by atoms with van der Waals surface area (Å²) in [7, 11) is 0. The average Bonchev–Trinajstić information content (AvgIpc) is 2.77. The zero-order chi connectivity index (χ0) is 13.4. The number of rotatable bonds is 3. The molecular weight excluding hydrogens is 264 g/mol. The summed E-state index contributed by atoms with van der Waals surface area (Å²) in [6.45, 7) is 6.96. The van der Waals surface area contributed by atoms with E-state index in [1.54, 1.807) is 11.3 Å². The van der Waals surface area contributed by atoms with Crippen molar-refractivity contribution in [2.45, 2.75) is 58.5 Å². The normalized spacial score (nSPS) is 29.5. The summed E-state index contributed by atoms with van der Waals surface area (Å²) >= 11 is 7.75. The molecule has 0 bridgehead atoms. The Kier molecular flexibility index (Phi) is 4.10. The van der Waals surface area contributed by atoms with E-state index in [1.807, 2.05) is 11.4 Å². The molecular formula is C15H23ClOS. The van der Waals surface area contributed by atoms with Crippen molar-refractivity contribution in [2.75, 3.05) is 0 Å². The Morgan fingerprint density at radius 1 is 1.44 bits per heavy atom.